The second-order valence-electron chi connectivity index (χ2n) is 5.68. The largest absolute Gasteiger partial charge is 0.464 e. The molecule has 1 aliphatic rings. The lowest BCUT2D eigenvalue weighted by Gasteiger charge is -2.33. The van der Waals surface area contributed by atoms with Crippen LogP contribution >= 0.6 is 0 Å². The number of ether oxygens (including phenoxy) is 3. The Morgan fingerprint density at radius 2 is 1.88 bits per heavy atom. The van der Waals surface area contributed by atoms with Gasteiger partial charge in [-0.25, -0.2) is 4.79 Å². The van der Waals surface area contributed by atoms with Crippen molar-refractivity contribution in [1.82, 2.24) is 4.90 Å². The maximum Gasteiger partial charge on any atom is 0.410 e. The molecular formula is C18H21NO6. The third-order valence-electron chi connectivity index (χ3n) is 3.96. The van der Waals surface area contributed by atoms with Crippen LogP contribution in [0.15, 0.2) is 30.8 Å². The van der Waals surface area contributed by atoms with Gasteiger partial charge < -0.3 is 14.2 Å². The van der Waals surface area contributed by atoms with Crippen LogP contribution in [-0.2, 0) is 30.3 Å². The highest BCUT2D eigenvalue weighted by molar-refractivity contribution is 5.77. The van der Waals surface area contributed by atoms with Crippen molar-refractivity contribution in [2.24, 2.45) is 0 Å². The third-order valence-corrected chi connectivity index (χ3v) is 3.96. The highest BCUT2D eigenvalue weighted by Gasteiger charge is 2.40. The zero-order chi connectivity index (χ0) is 18.6. The Morgan fingerprint density at radius 3 is 2.48 bits per heavy atom. The number of rotatable bonds is 3. The topological polar surface area (TPSA) is 82.1 Å². The van der Waals surface area contributed by atoms with Crippen LogP contribution in [0.25, 0.3) is 5.57 Å². The van der Waals surface area contributed by atoms with E-state index in [2.05, 4.69) is 6.58 Å². The third kappa shape index (κ3) is 4.17. The summed E-state index contributed by atoms with van der Waals surface area (Å²) in [7, 11) is 1.26. The van der Waals surface area contributed by atoms with E-state index >= 15 is 0 Å². The fourth-order valence-electron chi connectivity index (χ4n) is 2.85. The monoisotopic (exact) mass is 347 g/mol. The Hall–Kier alpha value is -2.83. The van der Waals surface area contributed by atoms with Crippen molar-refractivity contribution in [1.29, 1.82) is 0 Å². The molecule has 0 saturated heterocycles. The minimum absolute atomic E-state index is 0.143. The van der Waals surface area contributed by atoms with Crippen LogP contribution in [0.5, 0.6) is 0 Å². The molecule has 0 fully saturated rings. The number of hydrogen-bond donors (Lipinski definition) is 0. The number of carbonyl (C=O) groups is 3. The maximum atomic E-state index is 12.3. The van der Waals surface area contributed by atoms with Crippen LogP contribution in [0.1, 0.15) is 25.0 Å². The van der Waals surface area contributed by atoms with Crippen LogP contribution in [0.2, 0.25) is 0 Å². The Bertz CT molecular complexity index is 699. The summed E-state index contributed by atoms with van der Waals surface area (Å²) in [4.78, 5) is 36.6. The zero-order valence-electron chi connectivity index (χ0n) is 14.5. The van der Waals surface area contributed by atoms with E-state index in [1.165, 1.54) is 25.9 Å². The summed E-state index contributed by atoms with van der Waals surface area (Å²) in [5, 5.41) is 0. The Kier molecular flexibility index (Phi) is 5.80. The van der Waals surface area contributed by atoms with E-state index in [1.807, 2.05) is 24.3 Å². The van der Waals surface area contributed by atoms with Gasteiger partial charge in [0.15, 0.2) is 6.10 Å². The predicted molar refractivity (Wildman–Crippen MR) is 89.4 cm³/mol. The van der Waals surface area contributed by atoms with Gasteiger partial charge >= 0.3 is 18.0 Å². The summed E-state index contributed by atoms with van der Waals surface area (Å²) in [6, 6.07) is 6.63. The van der Waals surface area contributed by atoms with E-state index in [9.17, 15) is 14.4 Å². The van der Waals surface area contributed by atoms with Gasteiger partial charge in [0.1, 0.15) is 12.6 Å². The average molecular weight is 347 g/mol. The van der Waals surface area contributed by atoms with Gasteiger partial charge in [0.2, 0.25) is 0 Å². The van der Waals surface area contributed by atoms with Gasteiger partial charge in [-0.3, -0.25) is 14.5 Å². The van der Waals surface area contributed by atoms with E-state index in [-0.39, 0.29) is 13.2 Å². The first-order valence-corrected chi connectivity index (χ1v) is 7.77. The van der Waals surface area contributed by atoms with Crippen molar-refractivity contribution in [3.63, 3.8) is 0 Å². The molecule has 2 atom stereocenters. The zero-order valence-corrected chi connectivity index (χ0v) is 14.5. The lowest BCUT2D eigenvalue weighted by Crippen LogP contribution is -2.49. The molecule has 2 rings (SSSR count). The number of amides is 1. The number of benzene rings is 1. The number of hydrogen-bond acceptors (Lipinski definition) is 6. The van der Waals surface area contributed by atoms with Crippen molar-refractivity contribution < 1.29 is 28.6 Å². The highest BCUT2D eigenvalue weighted by atomic mass is 16.6. The first-order valence-electron chi connectivity index (χ1n) is 7.77. The first kappa shape index (κ1) is 18.5. The van der Waals surface area contributed by atoms with Crippen LogP contribution in [-0.4, -0.2) is 48.8 Å². The second kappa shape index (κ2) is 7.83. The standard InChI is InChI=1S/C18H21NO6/c1-11-15-8-6-5-7-14(15)9-19(18(22)23-4)16(10-24-12(2)20)17(11)25-13(3)21/h5-8,16-17H,1,9-10H2,2-4H3/t16-,17-/m1/s1. The van der Waals surface area contributed by atoms with E-state index in [1.54, 1.807) is 0 Å². The van der Waals surface area contributed by atoms with Gasteiger partial charge in [0.05, 0.1) is 13.7 Å². The molecular weight excluding hydrogens is 326 g/mol. The summed E-state index contributed by atoms with van der Waals surface area (Å²) in [6.07, 6.45) is -1.47. The first-order chi connectivity index (χ1) is 11.8. The Morgan fingerprint density at radius 1 is 1.20 bits per heavy atom. The molecule has 7 nitrogen and oxygen atoms in total. The molecule has 1 amide bonds. The van der Waals surface area contributed by atoms with Gasteiger partial charge in [0, 0.05) is 13.8 Å². The van der Waals surface area contributed by atoms with Crippen LogP contribution < -0.4 is 0 Å². The van der Waals surface area contributed by atoms with Gasteiger partial charge in [-0.2, -0.15) is 0 Å². The minimum Gasteiger partial charge on any atom is -0.464 e. The van der Waals surface area contributed by atoms with Gasteiger partial charge in [-0.1, -0.05) is 30.8 Å². The van der Waals surface area contributed by atoms with Crippen molar-refractivity contribution in [2.75, 3.05) is 13.7 Å². The van der Waals surface area contributed by atoms with Crippen LogP contribution in [0, 0.1) is 0 Å². The van der Waals surface area contributed by atoms with E-state index in [0.717, 1.165) is 11.1 Å². The second-order valence-corrected chi connectivity index (χ2v) is 5.68. The molecule has 25 heavy (non-hydrogen) atoms. The van der Waals surface area contributed by atoms with Crippen molar-refractivity contribution in [3.8, 4) is 0 Å². The average Bonchev–Trinajstić information content (AvgIpc) is 2.68. The number of fused-ring (bicyclic) bond motifs is 1. The Labute approximate surface area is 146 Å². The number of carbonyl (C=O) groups excluding carboxylic acids is 3. The summed E-state index contributed by atoms with van der Waals surface area (Å²) in [5.41, 5.74) is 2.16. The molecule has 0 unspecified atom stereocenters. The molecule has 0 aromatic heterocycles. The molecule has 0 radical (unpaired) electrons. The number of nitrogens with zero attached hydrogens (tertiary/aromatic N) is 1. The molecule has 1 aromatic rings. The molecule has 0 spiro atoms. The maximum absolute atomic E-state index is 12.3. The predicted octanol–water partition coefficient (Wildman–Crippen LogP) is 2.15. The molecule has 0 aliphatic carbocycles. The summed E-state index contributed by atoms with van der Waals surface area (Å²) in [6.45, 7) is 6.66. The molecule has 1 heterocycles. The van der Waals surface area contributed by atoms with Gasteiger partial charge in [-0.05, 0) is 16.7 Å². The van der Waals surface area contributed by atoms with Crippen LogP contribution in [0.4, 0.5) is 4.79 Å². The summed E-state index contributed by atoms with van der Waals surface area (Å²) >= 11 is 0. The van der Waals surface area contributed by atoms with E-state index < -0.39 is 30.2 Å². The quantitative estimate of drug-likeness (QED) is 0.615. The molecule has 7 heteroatoms. The van der Waals surface area contributed by atoms with Gasteiger partial charge in [0.25, 0.3) is 0 Å². The lowest BCUT2D eigenvalue weighted by molar-refractivity contribution is -0.150. The normalized spacial score (nSPS) is 19.5. The molecule has 0 bridgehead atoms. The molecule has 1 aliphatic heterocycles. The van der Waals surface area contributed by atoms with Crippen LogP contribution in [0.3, 0.4) is 0 Å². The van der Waals surface area contributed by atoms with Crippen molar-refractivity contribution >= 4 is 23.6 Å². The van der Waals surface area contributed by atoms with Crippen molar-refractivity contribution in [3.05, 3.63) is 42.0 Å². The molecule has 0 saturated carbocycles. The SMILES string of the molecule is C=C1c2ccccc2CN(C(=O)OC)[C@H](COC(C)=O)[C@@H]1OC(C)=O. The van der Waals surface area contributed by atoms with E-state index in [4.69, 9.17) is 14.2 Å². The molecule has 134 valence electrons. The molecule has 0 N–H and O–H groups in total. The molecule has 1 aromatic carbocycles. The Balaban J connectivity index is 2.51. The van der Waals surface area contributed by atoms with E-state index in [0.29, 0.717) is 5.57 Å². The van der Waals surface area contributed by atoms with Gasteiger partial charge in [-0.15, -0.1) is 0 Å². The smallest absolute Gasteiger partial charge is 0.410 e. The summed E-state index contributed by atoms with van der Waals surface area (Å²) in [5.74, 6) is -1.03. The number of esters is 2. The summed E-state index contributed by atoms with van der Waals surface area (Å²) < 4.78 is 15.4. The fraction of sp³-hybridized carbons (Fsp3) is 0.389. The minimum atomic E-state index is -0.861. The highest BCUT2D eigenvalue weighted by Crippen LogP contribution is 2.32. The lowest BCUT2D eigenvalue weighted by atomic mass is 9.95. The van der Waals surface area contributed by atoms with Crippen molar-refractivity contribution in [2.45, 2.75) is 32.5 Å². The fourth-order valence-corrected chi connectivity index (χ4v) is 2.85. The number of methoxy groups -OCH3 is 1.